The van der Waals surface area contributed by atoms with E-state index < -0.39 is 0 Å². The van der Waals surface area contributed by atoms with Gasteiger partial charge in [-0.1, -0.05) is 11.8 Å². The van der Waals surface area contributed by atoms with Crippen LogP contribution < -0.4 is 9.80 Å². The quantitative estimate of drug-likeness (QED) is 0.624. The third kappa shape index (κ3) is 3.31. The molecule has 1 aliphatic heterocycles. The maximum absolute atomic E-state index is 4.75. The van der Waals surface area contributed by atoms with Gasteiger partial charge >= 0.3 is 0 Å². The van der Waals surface area contributed by atoms with Gasteiger partial charge in [0.2, 0.25) is 0 Å². The summed E-state index contributed by atoms with van der Waals surface area (Å²) in [5.74, 6) is 2.05. The number of likely N-dealkylation sites (N-methyl/N-ethyl adjacent to an activating group) is 1. The van der Waals surface area contributed by atoms with Gasteiger partial charge in [0, 0.05) is 49.2 Å². The number of aromatic nitrogens is 4. The summed E-state index contributed by atoms with van der Waals surface area (Å²) >= 11 is 1.59. The lowest BCUT2D eigenvalue weighted by Crippen LogP contribution is -2.35. The molecule has 0 bridgehead atoms. The summed E-state index contributed by atoms with van der Waals surface area (Å²) in [6.07, 6.45) is 4.75. The van der Waals surface area contributed by atoms with Gasteiger partial charge in [-0.25, -0.2) is 19.9 Å². The molecule has 24 heavy (non-hydrogen) atoms. The zero-order valence-electron chi connectivity index (χ0n) is 14.9. The average Bonchev–Trinajstić information content (AvgIpc) is 3.06. The lowest BCUT2D eigenvalue weighted by molar-refractivity contribution is 0.681. The monoisotopic (exact) mass is 344 g/mol. The first-order valence-corrected chi connectivity index (χ1v) is 9.37. The van der Waals surface area contributed by atoms with Crippen molar-refractivity contribution in [2.24, 2.45) is 0 Å². The van der Waals surface area contributed by atoms with Crippen LogP contribution in [0.3, 0.4) is 0 Å². The Hall–Kier alpha value is -1.89. The van der Waals surface area contributed by atoms with Crippen LogP contribution in [-0.4, -0.2) is 52.4 Å². The van der Waals surface area contributed by atoms with Crippen LogP contribution in [0.25, 0.3) is 0 Å². The first-order chi connectivity index (χ1) is 11.5. The molecule has 3 heterocycles. The van der Waals surface area contributed by atoms with Crippen molar-refractivity contribution < 1.29 is 0 Å². The van der Waals surface area contributed by atoms with Crippen LogP contribution in [0.5, 0.6) is 0 Å². The standard InChI is InChI=1S/C17H24N6S/c1-11-8-15(19-10-18-11)22(4)14-6-7-23(9-14)16-12(2)13(3)20-17(21-16)24-5/h8,10,14H,6-7,9H2,1-5H3. The number of aryl methyl sites for hydroxylation is 2. The maximum Gasteiger partial charge on any atom is 0.189 e. The molecule has 0 radical (unpaired) electrons. The molecule has 0 aliphatic carbocycles. The highest BCUT2D eigenvalue weighted by molar-refractivity contribution is 7.98. The van der Waals surface area contributed by atoms with Crippen molar-refractivity contribution in [3.63, 3.8) is 0 Å². The topological polar surface area (TPSA) is 58.0 Å². The molecule has 6 nitrogen and oxygen atoms in total. The van der Waals surface area contributed by atoms with Crippen molar-refractivity contribution in [1.29, 1.82) is 0 Å². The van der Waals surface area contributed by atoms with Crippen molar-refractivity contribution in [3.05, 3.63) is 29.3 Å². The summed E-state index contributed by atoms with van der Waals surface area (Å²) < 4.78 is 0. The van der Waals surface area contributed by atoms with Crippen LogP contribution in [0.2, 0.25) is 0 Å². The number of thioether (sulfide) groups is 1. The third-order valence-electron chi connectivity index (χ3n) is 4.69. The van der Waals surface area contributed by atoms with E-state index in [0.717, 1.165) is 47.7 Å². The molecule has 0 amide bonds. The summed E-state index contributed by atoms with van der Waals surface area (Å²) in [5.41, 5.74) is 3.23. The molecule has 3 rings (SSSR count). The Morgan fingerprint density at radius 1 is 1.21 bits per heavy atom. The lowest BCUT2D eigenvalue weighted by atomic mass is 10.2. The Labute approximate surface area is 147 Å². The fraction of sp³-hybridized carbons (Fsp3) is 0.529. The van der Waals surface area contributed by atoms with E-state index in [9.17, 15) is 0 Å². The Morgan fingerprint density at radius 3 is 2.71 bits per heavy atom. The number of anilines is 2. The van der Waals surface area contributed by atoms with Crippen molar-refractivity contribution >= 4 is 23.4 Å². The summed E-state index contributed by atoms with van der Waals surface area (Å²) in [4.78, 5) is 22.5. The van der Waals surface area contributed by atoms with Gasteiger partial charge in [0.05, 0.1) is 0 Å². The van der Waals surface area contributed by atoms with Crippen LogP contribution >= 0.6 is 11.8 Å². The maximum atomic E-state index is 4.75. The van der Waals surface area contributed by atoms with Crippen LogP contribution in [0, 0.1) is 20.8 Å². The minimum absolute atomic E-state index is 0.423. The second-order valence-electron chi connectivity index (χ2n) is 6.26. The molecule has 0 N–H and O–H groups in total. The summed E-state index contributed by atoms with van der Waals surface area (Å²) in [6, 6.07) is 2.46. The Kier molecular flexibility index (Phi) is 4.89. The molecule has 0 aromatic carbocycles. The van der Waals surface area contributed by atoms with Crippen LogP contribution in [0.15, 0.2) is 17.6 Å². The molecule has 1 atom stereocenters. The van der Waals surface area contributed by atoms with E-state index in [-0.39, 0.29) is 0 Å². The minimum atomic E-state index is 0.423. The van der Waals surface area contributed by atoms with Gasteiger partial charge in [0.15, 0.2) is 5.16 Å². The predicted octanol–water partition coefficient (Wildman–Crippen LogP) is 2.63. The SMILES string of the molecule is CSc1nc(C)c(C)c(N2CCC(N(C)c3cc(C)ncn3)C2)n1. The summed E-state index contributed by atoms with van der Waals surface area (Å²) in [7, 11) is 2.11. The first kappa shape index (κ1) is 17.0. The van der Waals surface area contributed by atoms with Crippen molar-refractivity contribution in [2.75, 3.05) is 36.2 Å². The molecule has 1 aliphatic rings. The van der Waals surface area contributed by atoms with Crippen molar-refractivity contribution in [2.45, 2.75) is 38.4 Å². The van der Waals surface area contributed by atoms with Gasteiger partial charge in [-0.05, 0) is 33.4 Å². The Bertz CT molecular complexity index is 735. The van der Waals surface area contributed by atoms with E-state index in [1.807, 2.05) is 19.2 Å². The molecule has 0 saturated carbocycles. The smallest absolute Gasteiger partial charge is 0.189 e. The second kappa shape index (κ2) is 6.93. The van der Waals surface area contributed by atoms with Crippen LogP contribution in [0.1, 0.15) is 23.4 Å². The van der Waals surface area contributed by atoms with Gasteiger partial charge in [0.1, 0.15) is 18.0 Å². The molecule has 1 fully saturated rings. The van der Waals surface area contributed by atoms with Crippen molar-refractivity contribution in [3.8, 4) is 0 Å². The highest BCUT2D eigenvalue weighted by Gasteiger charge is 2.29. The van der Waals surface area contributed by atoms with Gasteiger partial charge in [-0.15, -0.1) is 0 Å². The van der Waals surface area contributed by atoms with Gasteiger partial charge in [-0.2, -0.15) is 0 Å². The van der Waals surface area contributed by atoms with E-state index in [1.165, 1.54) is 5.56 Å². The first-order valence-electron chi connectivity index (χ1n) is 8.15. The zero-order chi connectivity index (χ0) is 17.3. The number of rotatable bonds is 4. The Morgan fingerprint density at radius 2 is 2.00 bits per heavy atom. The molecular weight excluding hydrogens is 320 g/mol. The third-order valence-corrected chi connectivity index (χ3v) is 5.23. The molecule has 2 aromatic heterocycles. The van der Waals surface area contributed by atoms with Gasteiger partial charge in [-0.3, -0.25) is 0 Å². The molecule has 128 valence electrons. The fourth-order valence-corrected chi connectivity index (χ4v) is 3.46. The van der Waals surface area contributed by atoms with Crippen LogP contribution in [0.4, 0.5) is 11.6 Å². The number of hydrogen-bond acceptors (Lipinski definition) is 7. The minimum Gasteiger partial charge on any atom is -0.355 e. The molecule has 1 unspecified atom stereocenters. The van der Waals surface area contributed by atoms with E-state index in [4.69, 9.17) is 4.98 Å². The molecule has 1 saturated heterocycles. The molecule has 0 spiro atoms. The summed E-state index contributed by atoms with van der Waals surface area (Å²) in [5, 5.41) is 0.844. The van der Waals surface area contributed by atoms with E-state index in [1.54, 1.807) is 18.1 Å². The molecule has 2 aromatic rings. The zero-order valence-corrected chi connectivity index (χ0v) is 15.8. The molecule has 7 heteroatoms. The van der Waals surface area contributed by atoms with E-state index >= 15 is 0 Å². The highest BCUT2D eigenvalue weighted by atomic mass is 32.2. The van der Waals surface area contributed by atoms with Crippen LogP contribution in [-0.2, 0) is 0 Å². The number of hydrogen-bond donors (Lipinski definition) is 0. The van der Waals surface area contributed by atoms with Crippen molar-refractivity contribution in [1.82, 2.24) is 19.9 Å². The highest BCUT2D eigenvalue weighted by Crippen LogP contribution is 2.28. The Balaban J connectivity index is 1.79. The molecular formula is C17H24N6S. The van der Waals surface area contributed by atoms with E-state index in [0.29, 0.717) is 6.04 Å². The van der Waals surface area contributed by atoms with E-state index in [2.05, 4.69) is 45.6 Å². The van der Waals surface area contributed by atoms with Gasteiger partial charge < -0.3 is 9.80 Å². The second-order valence-corrected chi connectivity index (χ2v) is 7.03. The predicted molar refractivity (Wildman–Crippen MR) is 99.1 cm³/mol. The average molecular weight is 344 g/mol. The normalized spacial score (nSPS) is 17.4. The fourth-order valence-electron chi connectivity index (χ4n) is 3.06. The largest absolute Gasteiger partial charge is 0.355 e. The summed E-state index contributed by atoms with van der Waals surface area (Å²) in [6.45, 7) is 8.12. The number of nitrogens with zero attached hydrogens (tertiary/aromatic N) is 6. The van der Waals surface area contributed by atoms with Gasteiger partial charge in [0.25, 0.3) is 0 Å². The lowest BCUT2D eigenvalue weighted by Gasteiger charge is -2.26.